The first-order valence-electron chi connectivity index (χ1n) is 10.4. The summed E-state index contributed by atoms with van der Waals surface area (Å²) in [4.78, 5) is 0. The highest BCUT2D eigenvalue weighted by atomic mass is 19.3. The van der Waals surface area contributed by atoms with Crippen LogP contribution >= 0.6 is 0 Å². The Kier molecular flexibility index (Phi) is 8.99. The third-order valence-corrected chi connectivity index (χ3v) is 5.08. The van der Waals surface area contributed by atoms with Crippen molar-refractivity contribution in [2.45, 2.75) is 51.8 Å². The van der Waals surface area contributed by atoms with Crippen LogP contribution < -0.4 is 4.74 Å². The van der Waals surface area contributed by atoms with Gasteiger partial charge in [-0.05, 0) is 31.4 Å². The third kappa shape index (κ3) is 6.97. The van der Waals surface area contributed by atoms with Gasteiger partial charge >= 0.3 is 6.61 Å². The van der Waals surface area contributed by atoms with E-state index in [1.807, 2.05) is 0 Å². The molecule has 1 aromatic rings. The van der Waals surface area contributed by atoms with Crippen LogP contribution in [0, 0.1) is 17.7 Å². The average Bonchev–Trinajstić information content (AvgIpc) is 2.75. The maximum atomic E-state index is 13.9. The number of hydrogen-bond donors (Lipinski definition) is 0. The van der Waals surface area contributed by atoms with Crippen molar-refractivity contribution in [3.05, 3.63) is 41.7 Å². The molecular formula is C22H29F3O5. The van der Waals surface area contributed by atoms with Crippen LogP contribution in [-0.4, -0.2) is 39.3 Å². The topological polar surface area (TPSA) is 46.2 Å². The van der Waals surface area contributed by atoms with Crippen molar-refractivity contribution in [1.82, 2.24) is 0 Å². The number of unbranched alkanes of at least 4 members (excludes halogenated alkanes) is 1. The normalized spacial score (nSPS) is 27.6. The molecule has 0 atom stereocenters. The molecule has 5 nitrogen and oxygen atoms in total. The summed E-state index contributed by atoms with van der Waals surface area (Å²) in [7, 11) is 0. The van der Waals surface area contributed by atoms with Gasteiger partial charge in [0.05, 0.1) is 26.4 Å². The lowest BCUT2D eigenvalue weighted by Crippen LogP contribution is -2.33. The number of rotatable bonds is 9. The van der Waals surface area contributed by atoms with E-state index in [1.54, 1.807) is 0 Å². The zero-order valence-corrected chi connectivity index (χ0v) is 17.1. The number of benzene rings is 1. The van der Waals surface area contributed by atoms with Crippen LogP contribution in [0.15, 0.2) is 30.4 Å². The second kappa shape index (κ2) is 11.7. The van der Waals surface area contributed by atoms with E-state index in [1.165, 1.54) is 6.07 Å². The molecular weight excluding hydrogens is 401 g/mol. The van der Waals surface area contributed by atoms with E-state index in [-0.39, 0.29) is 12.2 Å². The molecule has 0 aromatic heterocycles. The predicted molar refractivity (Wildman–Crippen MR) is 104 cm³/mol. The van der Waals surface area contributed by atoms with E-state index in [0.29, 0.717) is 37.9 Å². The SMILES string of the molecule is CCCC=CC1COC(CCC2COC(c3ccc(OC(F)F)c(F)c3)OC2)OC1. The molecule has 2 saturated heterocycles. The van der Waals surface area contributed by atoms with Crippen LogP contribution in [-0.2, 0) is 18.9 Å². The summed E-state index contributed by atoms with van der Waals surface area (Å²) in [5, 5.41) is 0. The summed E-state index contributed by atoms with van der Waals surface area (Å²) in [6, 6.07) is 3.71. The van der Waals surface area contributed by atoms with Gasteiger partial charge in [0.1, 0.15) is 0 Å². The van der Waals surface area contributed by atoms with E-state index in [2.05, 4.69) is 23.8 Å². The molecule has 0 saturated carbocycles. The van der Waals surface area contributed by atoms with Crippen LogP contribution in [0.5, 0.6) is 5.75 Å². The summed E-state index contributed by atoms with van der Waals surface area (Å²) in [6.45, 7) is 1.32. The molecule has 0 aliphatic carbocycles. The maximum absolute atomic E-state index is 13.9. The van der Waals surface area contributed by atoms with Gasteiger partial charge < -0.3 is 23.7 Å². The fraction of sp³-hybridized carbons (Fsp3) is 0.636. The van der Waals surface area contributed by atoms with Crippen LogP contribution in [0.25, 0.3) is 0 Å². The molecule has 0 amide bonds. The molecule has 2 aliphatic heterocycles. The fourth-order valence-electron chi connectivity index (χ4n) is 3.42. The van der Waals surface area contributed by atoms with Crippen molar-refractivity contribution >= 4 is 0 Å². The van der Waals surface area contributed by atoms with Crippen molar-refractivity contribution in [1.29, 1.82) is 0 Å². The van der Waals surface area contributed by atoms with Crippen LogP contribution in [0.2, 0.25) is 0 Å². The number of alkyl halides is 2. The summed E-state index contributed by atoms with van der Waals surface area (Å²) >= 11 is 0. The van der Waals surface area contributed by atoms with Crippen molar-refractivity contribution in [2.75, 3.05) is 26.4 Å². The zero-order valence-electron chi connectivity index (χ0n) is 17.1. The number of hydrogen-bond acceptors (Lipinski definition) is 5. The van der Waals surface area contributed by atoms with E-state index >= 15 is 0 Å². The Labute approximate surface area is 175 Å². The first-order valence-corrected chi connectivity index (χ1v) is 10.4. The highest BCUT2D eigenvalue weighted by molar-refractivity contribution is 5.30. The monoisotopic (exact) mass is 430 g/mol. The van der Waals surface area contributed by atoms with E-state index < -0.39 is 24.5 Å². The maximum Gasteiger partial charge on any atom is 0.387 e. The van der Waals surface area contributed by atoms with Gasteiger partial charge in [-0.15, -0.1) is 0 Å². The lowest BCUT2D eigenvalue weighted by Gasteiger charge is -2.32. The highest BCUT2D eigenvalue weighted by Crippen LogP contribution is 2.30. The number of ether oxygens (including phenoxy) is 5. The lowest BCUT2D eigenvalue weighted by molar-refractivity contribution is -0.217. The Morgan fingerprint density at radius 2 is 1.80 bits per heavy atom. The first kappa shape index (κ1) is 23.1. The van der Waals surface area contributed by atoms with Gasteiger partial charge in [-0.1, -0.05) is 31.6 Å². The zero-order chi connectivity index (χ0) is 21.3. The Balaban J connectivity index is 1.37. The number of allylic oxidation sites excluding steroid dienone is 1. The largest absolute Gasteiger partial charge is 0.432 e. The second-order valence-corrected chi connectivity index (χ2v) is 7.58. The molecule has 2 aliphatic rings. The van der Waals surface area contributed by atoms with Gasteiger partial charge in [0.15, 0.2) is 24.1 Å². The van der Waals surface area contributed by atoms with E-state index in [4.69, 9.17) is 18.9 Å². The molecule has 168 valence electrons. The highest BCUT2D eigenvalue weighted by Gasteiger charge is 2.27. The van der Waals surface area contributed by atoms with Gasteiger partial charge in [-0.25, -0.2) is 4.39 Å². The van der Waals surface area contributed by atoms with Gasteiger partial charge in [0.25, 0.3) is 0 Å². The van der Waals surface area contributed by atoms with E-state index in [9.17, 15) is 13.2 Å². The Hall–Kier alpha value is -1.61. The number of halogens is 3. The van der Waals surface area contributed by atoms with Gasteiger partial charge in [0.2, 0.25) is 0 Å². The molecule has 3 rings (SSSR count). The minimum atomic E-state index is -3.08. The third-order valence-electron chi connectivity index (χ3n) is 5.08. The van der Waals surface area contributed by atoms with Gasteiger partial charge in [-0.3, -0.25) is 0 Å². The fourth-order valence-corrected chi connectivity index (χ4v) is 3.42. The minimum absolute atomic E-state index is 0.182. The molecule has 0 unspecified atom stereocenters. The molecule has 30 heavy (non-hydrogen) atoms. The van der Waals surface area contributed by atoms with Crippen molar-refractivity contribution in [3.63, 3.8) is 0 Å². The molecule has 0 radical (unpaired) electrons. The van der Waals surface area contributed by atoms with Crippen molar-refractivity contribution in [3.8, 4) is 5.75 Å². The van der Waals surface area contributed by atoms with Crippen LogP contribution in [0.4, 0.5) is 13.2 Å². The molecule has 8 heteroatoms. The molecule has 1 aromatic carbocycles. The summed E-state index contributed by atoms with van der Waals surface area (Å²) in [5.41, 5.74) is 0.425. The van der Waals surface area contributed by atoms with E-state index in [0.717, 1.165) is 37.8 Å². The molecule has 0 spiro atoms. The van der Waals surface area contributed by atoms with Crippen molar-refractivity contribution < 1.29 is 36.9 Å². The standard InChI is InChI=1S/C22H29F3O5/c1-2-3-4-5-15-11-26-20(27-12-15)9-6-16-13-28-21(29-14-16)17-7-8-19(18(23)10-17)30-22(24)25/h4-5,7-8,10,15-16,20-22H,2-3,6,9,11-14H2,1H3. The van der Waals surface area contributed by atoms with Crippen molar-refractivity contribution in [2.24, 2.45) is 11.8 Å². The molecule has 2 fully saturated rings. The Morgan fingerprint density at radius 3 is 2.43 bits per heavy atom. The Bertz CT molecular complexity index is 669. The average molecular weight is 430 g/mol. The molecule has 0 N–H and O–H groups in total. The second-order valence-electron chi connectivity index (χ2n) is 7.58. The Morgan fingerprint density at radius 1 is 1.07 bits per heavy atom. The lowest BCUT2D eigenvalue weighted by atomic mass is 10.0. The van der Waals surface area contributed by atoms with Gasteiger partial charge in [-0.2, -0.15) is 8.78 Å². The van der Waals surface area contributed by atoms with Crippen LogP contribution in [0.1, 0.15) is 44.5 Å². The molecule has 0 bridgehead atoms. The minimum Gasteiger partial charge on any atom is -0.432 e. The van der Waals surface area contributed by atoms with Crippen LogP contribution in [0.3, 0.4) is 0 Å². The smallest absolute Gasteiger partial charge is 0.387 e. The first-order chi connectivity index (χ1) is 14.5. The quantitative estimate of drug-likeness (QED) is 0.503. The van der Waals surface area contributed by atoms with Gasteiger partial charge in [0, 0.05) is 17.4 Å². The summed E-state index contributed by atoms with van der Waals surface area (Å²) in [6.07, 6.45) is 7.18. The summed E-state index contributed by atoms with van der Waals surface area (Å²) in [5.74, 6) is -0.885. The molecule has 2 heterocycles. The predicted octanol–water partition coefficient (Wildman–Crippen LogP) is 5.21. The summed E-state index contributed by atoms with van der Waals surface area (Å²) < 4.78 is 65.4.